The van der Waals surface area contributed by atoms with Gasteiger partial charge in [-0.2, -0.15) is 0 Å². The van der Waals surface area contributed by atoms with Crippen molar-refractivity contribution in [1.29, 1.82) is 0 Å². The third-order valence-corrected chi connectivity index (χ3v) is 3.18. The van der Waals surface area contributed by atoms with E-state index in [0.717, 1.165) is 0 Å². The highest BCUT2D eigenvalue weighted by Gasteiger charge is 2.13. The second-order valence-electron chi connectivity index (χ2n) is 5.13. The van der Waals surface area contributed by atoms with E-state index in [0.29, 0.717) is 11.4 Å². The van der Waals surface area contributed by atoms with E-state index in [4.69, 9.17) is 0 Å². The largest absolute Gasteiger partial charge is 0.386 e. The molecule has 1 atom stereocenters. The Kier molecular flexibility index (Phi) is 5.86. The van der Waals surface area contributed by atoms with Gasteiger partial charge >= 0.3 is 6.03 Å². The maximum Gasteiger partial charge on any atom is 0.319 e. The van der Waals surface area contributed by atoms with Gasteiger partial charge in [0.05, 0.1) is 6.10 Å². The van der Waals surface area contributed by atoms with Gasteiger partial charge in [0.1, 0.15) is 5.82 Å². The second kappa shape index (κ2) is 8.07. The molecule has 3 amide bonds. The molecule has 0 aromatic heterocycles. The van der Waals surface area contributed by atoms with Crippen LogP contribution in [-0.4, -0.2) is 23.6 Å². The number of aliphatic hydroxyl groups is 1. The van der Waals surface area contributed by atoms with Crippen molar-refractivity contribution in [2.75, 3.05) is 17.2 Å². The summed E-state index contributed by atoms with van der Waals surface area (Å²) in [5, 5.41) is 17.6. The van der Waals surface area contributed by atoms with Gasteiger partial charge in [0.2, 0.25) is 5.91 Å². The molecule has 2 aromatic rings. The van der Waals surface area contributed by atoms with Crippen molar-refractivity contribution < 1.29 is 19.1 Å². The molecular formula is C17H18FN3O3. The standard InChI is InChI=1S/C17H18FN3O3/c1-11(22)20-12-6-8-13(9-7-12)21-17(24)19-10-16(23)14-4-2-3-5-15(14)18/h2-9,16,23H,10H2,1H3,(H,20,22)(H2,19,21,24)/t16-/m0/s1. The maximum atomic E-state index is 13.5. The Morgan fingerprint density at radius 1 is 1.04 bits per heavy atom. The predicted octanol–water partition coefficient (Wildman–Crippen LogP) is 2.64. The minimum Gasteiger partial charge on any atom is -0.386 e. The van der Waals surface area contributed by atoms with Crippen LogP contribution in [0.5, 0.6) is 0 Å². The number of halogens is 1. The van der Waals surface area contributed by atoms with Gasteiger partial charge in [0.15, 0.2) is 0 Å². The zero-order valence-electron chi connectivity index (χ0n) is 13.0. The number of hydrogen-bond acceptors (Lipinski definition) is 3. The van der Waals surface area contributed by atoms with E-state index in [-0.39, 0.29) is 18.0 Å². The second-order valence-corrected chi connectivity index (χ2v) is 5.13. The lowest BCUT2D eigenvalue weighted by Crippen LogP contribution is -2.32. The number of benzene rings is 2. The minimum absolute atomic E-state index is 0.123. The molecule has 6 nitrogen and oxygen atoms in total. The van der Waals surface area contributed by atoms with Gasteiger partial charge in [-0.05, 0) is 30.3 Å². The maximum absolute atomic E-state index is 13.5. The molecule has 2 rings (SSSR count). The van der Waals surface area contributed by atoms with Crippen LogP contribution >= 0.6 is 0 Å². The molecule has 0 saturated carbocycles. The topological polar surface area (TPSA) is 90.5 Å². The third-order valence-electron chi connectivity index (χ3n) is 3.18. The predicted molar refractivity (Wildman–Crippen MR) is 89.1 cm³/mol. The van der Waals surface area contributed by atoms with Crippen LogP contribution in [0.25, 0.3) is 0 Å². The van der Waals surface area contributed by atoms with Crippen molar-refractivity contribution in [2.45, 2.75) is 13.0 Å². The number of carbonyl (C=O) groups is 2. The summed E-state index contributed by atoms with van der Waals surface area (Å²) in [7, 11) is 0. The zero-order valence-corrected chi connectivity index (χ0v) is 13.0. The molecule has 0 heterocycles. The van der Waals surface area contributed by atoms with Crippen molar-refractivity contribution >= 4 is 23.3 Å². The van der Waals surface area contributed by atoms with Gasteiger partial charge in [0, 0.05) is 30.4 Å². The van der Waals surface area contributed by atoms with Gasteiger partial charge in [-0.3, -0.25) is 4.79 Å². The monoisotopic (exact) mass is 331 g/mol. The zero-order chi connectivity index (χ0) is 17.5. The fourth-order valence-electron chi connectivity index (χ4n) is 2.06. The van der Waals surface area contributed by atoms with Crippen LogP contribution in [0.4, 0.5) is 20.6 Å². The van der Waals surface area contributed by atoms with Crippen LogP contribution in [0, 0.1) is 5.82 Å². The highest BCUT2D eigenvalue weighted by molar-refractivity contribution is 5.91. The summed E-state index contributed by atoms with van der Waals surface area (Å²) in [4.78, 5) is 22.7. The Morgan fingerprint density at radius 2 is 1.62 bits per heavy atom. The minimum atomic E-state index is -1.14. The molecule has 126 valence electrons. The molecule has 0 radical (unpaired) electrons. The molecule has 4 N–H and O–H groups in total. The molecule has 7 heteroatoms. The number of amides is 3. The molecule has 24 heavy (non-hydrogen) atoms. The van der Waals surface area contributed by atoms with Crippen molar-refractivity contribution in [1.82, 2.24) is 5.32 Å². The fourth-order valence-corrected chi connectivity index (χ4v) is 2.06. The van der Waals surface area contributed by atoms with Crippen LogP contribution < -0.4 is 16.0 Å². The average Bonchev–Trinajstić information content (AvgIpc) is 2.54. The molecule has 0 spiro atoms. The summed E-state index contributed by atoms with van der Waals surface area (Å²) in [5.74, 6) is -0.712. The van der Waals surface area contributed by atoms with E-state index >= 15 is 0 Å². The van der Waals surface area contributed by atoms with Gasteiger partial charge in [-0.15, -0.1) is 0 Å². The highest BCUT2D eigenvalue weighted by atomic mass is 19.1. The number of rotatable bonds is 5. The number of hydrogen-bond donors (Lipinski definition) is 4. The smallest absolute Gasteiger partial charge is 0.319 e. The molecule has 0 aliphatic heterocycles. The quantitative estimate of drug-likeness (QED) is 0.679. The summed E-state index contributed by atoms with van der Waals surface area (Å²) < 4.78 is 13.5. The molecular weight excluding hydrogens is 313 g/mol. The Bertz CT molecular complexity index is 719. The number of aliphatic hydroxyl groups excluding tert-OH is 1. The van der Waals surface area contributed by atoms with Crippen LogP contribution in [0.1, 0.15) is 18.6 Å². The van der Waals surface area contributed by atoms with Crippen LogP contribution in [0.2, 0.25) is 0 Å². The lowest BCUT2D eigenvalue weighted by atomic mass is 10.1. The summed E-state index contributed by atoms with van der Waals surface area (Å²) in [6.45, 7) is 1.28. The fraction of sp³-hybridized carbons (Fsp3) is 0.176. The van der Waals surface area contributed by atoms with Crippen LogP contribution in [-0.2, 0) is 4.79 Å². The van der Waals surface area contributed by atoms with Gasteiger partial charge in [-0.25, -0.2) is 9.18 Å². The molecule has 0 aliphatic rings. The number of carbonyl (C=O) groups excluding carboxylic acids is 2. The average molecular weight is 331 g/mol. The molecule has 0 bridgehead atoms. The Hall–Kier alpha value is -2.93. The number of nitrogens with one attached hydrogen (secondary N) is 3. The summed E-state index contributed by atoms with van der Waals surface area (Å²) in [6.07, 6.45) is -1.14. The Balaban J connectivity index is 1.85. The lowest BCUT2D eigenvalue weighted by Gasteiger charge is -2.13. The van der Waals surface area contributed by atoms with E-state index in [1.807, 2.05) is 0 Å². The number of anilines is 2. The normalized spacial score (nSPS) is 11.5. The van der Waals surface area contributed by atoms with Crippen molar-refractivity contribution in [3.63, 3.8) is 0 Å². The first-order valence-electron chi connectivity index (χ1n) is 7.30. The van der Waals surface area contributed by atoms with E-state index in [2.05, 4.69) is 16.0 Å². The van der Waals surface area contributed by atoms with Gasteiger partial charge in [-0.1, -0.05) is 18.2 Å². The van der Waals surface area contributed by atoms with E-state index in [1.54, 1.807) is 30.3 Å². The Morgan fingerprint density at radius 3 is 2.21 bits per heavy atom. The first-order chi connectivity index (χ1) is 11.5. The summed E-state index contributed by atoms with van der Waals surface area (Å²) in [5.41, 5.74) is 1.25. The first-order valence-corrected chi connectivity index (χ1v) is 7.30. The summed E-state index contributed by atoms with van der Waals surface area (Å²) >= 11 is 0. The molecule has 0 aliphatic carbocycles. The van der Waals surface area contributed by atoms with Crippen LogP contribution in [0.15, 0.2) is 48.5 Å². The van der Waals surface area contributed by atoms with Gasteiger partial charge in [0.25, 0.3) is 0 Å². The molecule has 2 aromatic carbocycles. The van der Waals surface area contributed by atoms with E-state index in [9.17, 15) is 19.1 Å². The van der Waals surface area contributed by atoms with Crippen molar-refractivity contribution in [2.24, 2.45) is 0 Å². The SMILES string of the molecule is CC(=O)Nc1ccc(NC(=O)NC[C@H](O)c2ccccc2F)cc1. The van der Waals surface area contributed by atoms with Crippen LogP contribution in [0.3, 0.4) is 0 Å². The number of urea groups is 1. The van der Waals surface area contributed by atoms with Crippen molar-refractivity contribution in [3.8, 4) is 0 Å². The van der Waals surface area contributed by atoms with Gasteiger partial charge < -0.3 is 21.1 Å². The summed E-state index contributed by atoms with van der Waals surface area (Å²) in [6, 6.07) is 11.8. The lowest BCUT2D eigenvalue weighted by molar-refractivity contribution is -0.114. The van der Waals surface area contributed by atoms with Crippen molar-refractivity contribution in [3.05, 3.63) is 59.9 Å². The first kappa shape index (κ1) is 17.4. The highest BCUT2D eigenvalue weighted by Crippen LogP contribution is 2.16. The van der Waals surface area contributed by atoms with E-state index in [1.165, 1.54) is 25.1 Å². The van der Waals surface area contributed by atoms with E-state index < -0.39 is 18.0 Å². The molecule has 0 fully saturated rings. The Labute approximate surface area is 138 Å². The molecule has 0 unspecified atom stereocenters. The third kappa shape index (κ3) is 5.06. The molecule has 0 saturated heterocycles.